The number of ether oxygens (including phenoxy) is 1. The molecule has 14 heavy (non-hydrogen) atoms. The molecule has 1 heterocycles. The molecule has 1 rings (SSSR count). The van der Waals surface area contributed by atoms with E-state index in [9.17, 15) is 0 Å². The lowest BCUT2D eigenvalue weighted by atomic mass is 9.74. The molecule has 1 unspecified atom stereocenters. The lowest BCUT2D eigenvalue weighted by molar-refractivity contribution is 0.00578. The second-order valence-corrected chi connectivity index (χ2v) is 5.06. The predicted molar refractivity (Wildman–Crippen MR) is 57.4 cm³/mol. The summed E-state index contributed by atoms with van der Waals surface area (Å²) in [5.41, 5.74) is -0.473. The van der Waals surface area contributed by atoms with E-state index in [-0.39, 0.29) is 24.1 Å². The first-order valence-electron chi connectivity index (χ1n) is 5.15. The molecule has 3 nitrogen and oxygen atoms in total. The molecule has 0 spiro atoms. The molecular formula is C10H21BO3. The largest absolute Gasteiger partial charge is 0.463 e. The molecule has 0 bridgehead atoms. The molecule has 0 aromatic heterocycles. The summed E-state index contributed by atoms with van der Waals surface area (Å²) in [5.74, 6) is 0.265. The number of methoxy groups -OCH3 is 1. The van der Waals surface area contributed by atoms with Gasteiger partial charge in [-0.25, -0.2) is 0 Å². The van der Waals surface area contributed by atoms with Gasteiger partial charge in [-0.05, 0) is 27.7 Å². The fourth-order valence-corrected chi connectivity index (χ4v) is 1.46. The lowest BCUT2D eigenvalue weighted by Crippen LogP contribution is -2.41. The van der Waals surface area contributed by atoms with Crippen LogP contribution in [0.5, 0.6) is 0 Å². The summed E-state index contributed by atoms with van der Waals surface area (Å²) < 4.78 is 16.8. The van der Waals surface area contributed by atoms with Gasteiger partial charge in [0.25, 0.3) is 0 Å². The first-order valence-corrected chi connectivity index (χ1v) is 5.15. The van der Waals surface area contributed by atoms with Gasteiger partial charge in [0, 0.05) is 19.5 Å². The van der Waals surface area contributed by atoms with E-state index < -0.39 is 0 Å². The highest BCUT2D eigenvalue weighted by molar-refractivity contribution is 6.47. The lowest BCUT2D eigenvalue weighted by Gasteiger charge is -2.32. The van der Waals surface area contributed by atoms with Crippen molar-refractivity contribution in [2.45, 2.75) is 51.6 Å². The molecule has 1 aliphatic rings. The average Bonchev–Trinajstić information content (AvgIpc) is 2.22. The minimum atomic E-state index is -0.236. The van der Waals surface area contributed by atoms with Crippen LogP contribution in [0.2, 0.25) is 5.82 Å². The molecule has 0 saturated carbocycles. The van der Waals surface area contributed by atoms with E-state index in [4.69, 9.17) is 14.0 Å². The Morgan fingerprint density at radius 3 is 1.93 bits per heavy atom. The third-order valence-electron chi connectivity index (χ3n) is 3.17. The third-order valence-corrected chi connectivity index (χ3v) is 3.17. The fourth-order valence-electron chi connectivity index (χ4n) is 1.46. The van der Waals surface area contributed by atoms with Gasteiger partial charge >= 0.3 is 7.12 Å². The van der Waals surface area contributed by atoms with Crippen LogP contribution in [0.3, 0.4) is 0 Å². The van der Waals surface area contributed by atoms with Gasteiger partial charge in [0.1, 0.15) is 0 Å². The van der Waals surface area contributed by atoms with Crippen LogP contribution in [0.4, 0.5) is 0 Å². The standard InChI is InChI=1S/C10H21BO3/c1-8(7-12-6)11-13-9(2,3)10(4,5)14-11/h8H,7H2,1-6H3. The summed E-state index contributed by atoms with van der Waals surface area (Å²) in [5, 5.41) is 0. The van der Waals surface area contributed by atoms with E-state index in [1.54, 1.807) is 7.11 Å². The van der Waals surface area contributed by atoms with Gasteiger partial charge < -0.3 is 14.0 Å². The molecule has 1 aliphatic heterocycles. The van der Waals surface area contributed by atoms with Crippen LogP contribution in [0, 0.1) is 0 Å². The maximum Gasteiger partial charge on any atom is 0.463 e. The SMILES string of the molecule is COCC(C)B1OC(C)(C)C(C)(C)O1. The molecule has 1 atom stereocenters. The Morgan fingerprint density at radius 1 is 1.14 bits per heavy atom. The van der Waals surface area contributed by atoms with Crippen LogP contribution in [0.25, 0.3) is 0 Å². The normalized spacial score (nSPS) is 26.6. The van der Waals surface area contributed by atoms with Crippen molar-refractivity contribution in [3.8, 4) is 0 Å². The van der Waals surface area contributed by atoms with Crippen molar-refractivity contribution in [3.05, 3.63) is 0 Å². The number of hydrogen-bond acceptors (Lipinski definition) is 3. The monoisotopic (exact) mass is 200 g/mol. The van der Waals surface area contributed by atoms with Crippen LogP contribution in [0.15, 0.2) is 0 Å². The molecule has 0 radical (unpaired) electrons. The highest BCUT2D eigenvalue weighted by Crippen LogP contribution is 2.39. The summed E-state index contributed by atoms with van der Waals surface area (Å²) in [6.07, 6.45) is 0. The van der Waals surface area contributed by atoms with Gasteiger partial charge in [-0.2, -0.15) is 0 Å². The van der Waals surface area contributed by atoms with E-state index >= 15 is 0 Å². The van der Waals surface area contributed by atoms with Gasteiger partial charge in [-0.15, -0.1) is 0 Å². The number of rotatable bonds is 3. The van der Waals surface area contributed by atoms with Crippen LogP contribution in [-0.4, -0.2) is 32.0 Å². The van der Waals surface area contributed by atoms with Crippen molar-refractivity contribution in [2.75, 3.05) is 13.7 Å². The summed E-state index contributed by atoms with van der Waals surface area (Å²) in [6, 6.07) is 0. The van der Waals surface area contributed by atoms with Crippen molar-refractivity contribution >= 4 is 7.12 Å². The summed E-state index contributed by atoms with van der Waals surface area (Å²) in [4.78, 5) is 0. The van der Waals surface area contributed by atoms with Gasteiger partial charge in [0.15, 0.2) is 0 Å². The molecule has 1 fully saturated rings. The summed E-state index contributed by atoms with van der Waals surface area (Å²) in [7, 11) is 1.54. The second kappa shape index (κ2) is 3.84. The maximum absolute atomic E-state index is 5.88. The van der Waals surface area contributed by atoms with E-state index in [0.29, 0.717) is 6.61 Å². The Kier molecular flexibility index (Phi) is 3.29. The molecule has 4 heteroatoms. The minimum Gasteiger partial charge on any atom is -0.403 e. The highest BCUT2D eigenvalue weighted by Gasteiger charge is 2.52. The van der Waals surface area contributed by atoms with Gasteiger partial charge in [-0.3, -0.25) is 0 Å². The van der Waals surface area contributed by atoms with Crippen molar-refractivity contribution in [2.24, 2.45) is 0 Å². The topological polar surface area (TPSA) is 27.7 Å². The highest BCUT2D eigenvalue weighted by atomic mass is 16.7. The zero-order valence-corrected chi connectivity index (χ0v) is 10.1. The fraction of sp³-hybridized carbons (Fsp3) is 1.00. The molecule has 0 aliphatic carbocycles. The van der Waals surface area contributed by atoms with Crippen molar-refractivity contribution in [1.29, 1.82) is 0 Å². The Hall–Kier alpha value is -0.0551. The van der Waals surface area contributed by atoms with Crippen molar-refractivity contribution in [1.82, 2.24) is 0 Å². The average molecular weight is 200 g/mol. The van der Waals surface area contributed by atoms with E-state index in [0.717, 1.165) is 0 Å². The van der Waals surface area contributed by atoms with E-state index in [1.165, 1.54) is 0 Å². The first kappa shape index (κ1) is 12.0. The summed E-state index contributed by atoms with van der Waals surface area (Å²) in [6.45, 7) is 11.0. The van der Waals surface area contributed by atoms with Gasteiger partial charge in [-0.1, -0.05) is 6.92 Å². The molecule has 0 N–H and O–H groups in total. The Balaban J connectivity index is 2.63. The molecular weight excluding hydrogens is 179 g/mol. The van der Waals surface area contributed by atoms with Crippen LogP contribution in [-0.2, 0) is 14.0 Å². The zero-order chi connectivity index (χ0) is 11.0. The molecule has 1 saturated heterocycles. The zero-order valence-electron chi connectivity index (χ0n) is 10.1. The van der Waals surface area contributed by atoms with E-state index in [2.05, 4.69) is 34.6 Å². The minimum absolute atomic E-state index is 0.153. The van der Waals surface area contributed by atoms with E-state index in [1.807, 2.05) is 0 Å². The third kappa shape index (κ3) is 2.13. The molecule has 82 valence electrons. The van der Waals surface area contributed by atoms with Crippen LogP contribution >= 0.6 is 0 Å². The van der Waals surface area contributed by atoms with Gasteiger partial charge in [0.05, 0.1) is 11.2 Å². The second-order valence-electron chi connectivity index (χ2n) is 5.06. The summed E-state index contributed by atoms with van der Waals surface area (Å²) >= 11 is 0. The van der Waals surface area contributed by atoms with Crippen molar-refractivity contribution < 1.29 is 14.0 Å². The van der Waals surface area contributed by atoms with Crippen LogP contribution in [0.1, 0.15) is 34.6 Å². The maximum atomic E-state index is 5.88. The van der Waals surface area contributed by atoms with Crippen molar-refractivity contribution in [3.63, 3.8) is 0 Å². The predicted octanol–water partition coefficient (Wildman–Crippen LogP) is 2.12. The number of hydrogen-bond donors (Lipinski definition) is 0. The van der Waals surface area contributed by atoms with Crippen LogP contribution < -0.4 is 0 Å². The molecule has 0 amide bonds. The Bertz CT molecular complexity index is 188. The Labute approximate surface area is 87.3 Å². The molecule has 0 aromatic rings. The first-order chi connectivity index (χ1) is 6.30. The smallest absolute Gasteiger partial charge is 0.403 e. The Morgan fingerprint density at radius 2 is 1.57 bits per heavy atom. The molecule has 0 aromatic carbocycles. The quantitative estimate of drug-likeness (QED) is 0.653. The van der Waals surface area contributed by atoms with Gasteiger partial charge in [0.2, 0.25) is 0 Å².